The number of imidazole rings is 1. The van der Waals surface area contributed by atoms with Gasteiger partial charge in [0, 0.05) is 38.4 Å². The number of nitrogens with two attached hydrogens (primary N) is 1. The Bertz CT molecular complexity index is 259. The molecule has 1 aromatic heterocycles. The number of rotatable bonds is 3. The maximum atomic E-state index is 10.5. The summed E-state index contributed by atoms with van der Waals surface area (Å²) in [6.45, 7) is 9.03. The number of hydrogen-bond acceptors (Lipinski definition) is 3. The summed E-state index contributed by atoms with van der Waals surface area (Å²) in [5.41, 5.74) is 6.29. The summed E-state index contributed by atoms with van der Waals surface area (Å²) in [6, 6.07) is 0. The van der Waals surface area contributed by atoms with Crippen LogP contribution >= 0.6 is 0 Å². The molecule has 17 heavy (non-hydrogen) atoms. The van der Waals surface area contributed by atoms with Gasteiger partial charge in [-0.1, -0.05) is 13.8 Å². The van der Waals surface area contributed by atoms with E-state index in [4.69, 9.17) is 5.73 Å². The first-order valence-corrected chi connectivity index (χ1v) is 6.01. The van der Waals surface area contributed by atoms with Gasteiger partial charge >= 0.3 is 0 Å². The molecule has 0 saturated carbocycles. The molecule has 0 spiro atoms. The Morgan fingerprint density at radius 3 is 2.35 bits per heavy atom. The van der Waals surface area contributed by atoms with E-state index in [0.29, 0.717) is 19.5 Å². The Kier molecular flexibility index (Phi) is 13.5. The predicted octanol–water partition coefficient (Wildman–Crippen LogP) is 1.23. The SMILES string of the molecule is CC.CCNC(=O)CCN.Cc1cncn1C. The van der Waals surface area contributed by atoms with Gasteiger partial charge in [0.25, 0.3) is 0 Å². The number of aromatic nitrogens is 2. The summed E-state index contributed by atoms with van der Waals surface area (Å²) < 4.78 is 1.97. The van der Waals surface area contributed by atoms with Gasteiger partial charge in [-0.15, -0.1) is 0 Å². The lowest BCUT2D eigenvalue weighted by molar-refractivity contribution is -0.120. The molecule has 0 aliphatic carbocycles. The molecular weight excluding hydrogens is 216 g/mol. The lowest BCUT2D eigenvalue weighted by atomic mass is 10.4. The van der Waals surface area contributed by atoms with Gasteiger partial charge in [-0.2, -0.15) is 0 Å². The minimum atomic E-state index is 0.0370. The first kappa shape index (κ1) is 18.0. The summed E-state index contributed by atoms with van der Waals surface area (Å²) >= 11 is 0. The summed E-state index contributed by atoms with van der Waals surface area (Å²) in [7, 11) is 1.97. The van der Waals surface area contributed by atoms with Crippen LogP contribution in [0.1, 0.15) is 32.9 Å². The van der Waals surface area contributed by atoms with E-state index in [2.05, 4.69) is 10.3 Å². The lowest BCUT2D eigenvalue weighted by Gasteiger charge is -1.96. The van der Waals surface area contributed by atoms with Crippen molar-refractivity contribution in [3.8, 4) is 0 Å². The molecule has 1 rings (SSSR count). The molecule has 1 amide bonds. The van der Waals surface area contributed by atoms with Crippen molar-refractivity contribution in [1.82, 2.24) is 14.9 Å². The first-order valence-electron chi connectivity index (χ1n) is 6.01. The van der Waals surface area contributed by atoms with Crippen molar-refractivity contribution in [1.29, 1.82) is 0 Å². The number of amides is 1. The quantitative estimate of drug-likeness (QED) is 0.837. The van der Waals surface area contributed by atoms with E-state index in [1.54, 1.807) is 6.33 Å². The van der Waals surface area contributed by atoms with Crippen molar-refractivity contribution >= 4 is 5.91 Å². The number of nitrogens with zero attached hydrogens (tertiary/aromatic N) is 2. The number of carbonyl (C=O) groups is 1. The van der Waals surface area contributed by atoms with Crippen LogP contribution in [0.5, 0.6) is 0 Å². The highest BCUT2D eigenvalue weighted by atomic mass is 16.1. The van der Waals surface area contributed by atoms with Gasteiger partial charge < -0.3 is 15.6 Å². The number of carbonyl (C=O) groups excluding carboxylic acids is 1. The largest absolute Gasteiger partial charge is 0.356 e. The second-order valence-corrected chi connectivity index (χ2v) is 3.14. The Labute approximate surface area is 104 Å². The smallest absolute Gasteiger partial charge is 0.221 e. The van der Waals surface area contributed by atoms with E-state index in [-0.39, 0.29) is 5.91 Å². The molecule has 100 valence electrons. The zero-order valence-electron chi connectivity index (χ0n) is 11.7. The molecule has 0 atom stereocenters. The van der Waals surface area contributed by atoms with Gasteiger partial charge in [-0.05, 0) is 13.8 Å². The average molecular weight is 242 g/mol. The molecular formula is C12H26N4O. The Balaban J connectivity index is 0. The van der Waals surface area contributed by atoms with Crippen LogP contribution in [-0.2, 0) is 11.8 Å². The first-order chi connectivity index (χ1) is 8.11. The number of aryl methyl sites for hydroxylation is 2. The van der Waals surface area contributed by atoms with Crippen molar-refractivity contribution in [3.63, 3.8) is 0 Å². The monoisotopic (exact) mass is 242 g/mol. The fourth-order valence-corrected chi connectivity index (χ4v) is 0.840. The molecule has 0 saturated heterocycles. The summed E-state index contributed by atoms with van der Waals surface area (Å²) in [5.74, 6) is 0.0370. The van der Waals surface area contributed by atoms with Crippen molar-refractivity contribution in [2.24, 2.45) is 12.8 Å². The van der Waals surface area contributed by atoms with E-state index in [1.165, 1.54) is 5.69 Å². The molecule has 0 radical (unpaired) electrons. The van der Waals surface area contributed by atoms with Crippen molar-refractivity contribution in [3.05, 3.63) is 18.2 Å². The highest BCUT2D eigenvalue weighted by Crippen LogP contribution is 1.88. The molecule has 0 unspecified atom stereocenters. The fourth-order valence-electron chi connectivity index (χ4n) is 0.840. The van der Waals surface area contributed by atoms with Crippen LogP contribution in [0.2, 0.25) is 0 Å². The third-order valence-corrected chi connectivity index (χ3v) is 1.80. The van der Waals surface area contributed by atoms with Gasteiger partial charge in [0.1, 0.15) is 0 Å². The molecule has 5 nitrogen and oxygen atoms in total. The number of nitrogens with one attached hydrogen (secondary N) is 1. The molecule has 0 aromatic carbocycles. The topological polar surface area (TPSA) is 72.9 Å². The van der Waals surface area contributed by atoms with Gasteiger partial charge in [-0.25, -0.2) is 4.98 Å². The van der Waals surface area contributed by atoms with Crippen molar-refractivity contribution < 1.29 is 4.79 Å². The molecule has 5 heteroatoms. The van der Waals surface area contributed by atoms with E-state index in [9.17, 15) is 4.79 Å². The molecule has 3 N–H and O–H groups in total. The van der Waals surface area contributed by atoms with Crippen molar-refractivity contribution in [2.45, 2.75) is 34.1 Å². The van der Waals surface area contributed by atoms with E-state index in [0.717, 1.165) is 0 Å². The zero-order valence-corrected chi connectivity index (χ0v) is 11.7. The van der Waals surface area contributed by atoms with Crippen LogP contribution in [0.4, 0.5) is 0 Å². The number of hydrogen-bond donors (Lipinski definition) is 2. The lowest BCUT2D eigenvalue weighted by Crippen LogP contribution is -2.24. The van der Waals surface area contributed by atoms with E-state index in [1.807, 2.05) is 45.5 Å². The average Bonchev–Trinajstić information content (AvgIpc) is 2.68. The standard InChI is InChI=1S/C5H12N2O.C5H8N2.C2H6/c1-2-7-5(8)3-4-6;1-5-3-6-4-7(5)2;1-2/h2-4,6H2,1H3,(H,7,8);3-4H,1-2H3;1-2H3. The fraction of sp³-hybridized carbons (Fsp3) is 0.667. The van der Waals surface area contributed by atoms with Crippen LogP contribution in [-0.4, -0.2) is 28.5 Å². The Morgan fingerprint density at radius 1 is 1.53 bits per heavy atom. The molecule has 0 bridgehead atoms. The molecule has 1 heterocycles. The van der Waals surface area contributed by atoms with Gasteiger partial charge in [0.05, 0.1) is 6.33 Å². The third-order valence-electron chi connectivity index (χ3n) is 1.80. The van der Waals surface area contributed by atoms with Crippen LogP contribution < -0.4 is 11.1 Å². The third kappa shape index (κ3) is 10.9. The zero-order chi connectivity index (χ0) is 13.7. The highest BCUT2D eigenvalue weighted by molar-refractivity contribution is 5.75. The van der Waals surface area contributed by atoms with Gasteiger partial charge in [0.15, 0.2) is 0 Å². The van der Waals surface area contributed by atoms with E-state index < -0.39 is 0 Å². The molecule has 0 fully saturated rings. The van der Waals surface area contributed by atoms with Crippen LogP contribution in [0.3, 0.4) is 0 Å². The molecule has 0 aliphatic rings. The maximum Gasteiger partial charge on any atom is 0.221 e. The highest BCUT2D eigenvalue weighted by Gasteiger charge is 1.92. The summed E-state index contributed by atoms with van der Waals surface area (Å²) in [4.78, 5) is 14.3. The van der Waals surface area contributed by atoms with Crippen LogP contribution in [0, 0.1) is 6.92 Å². The second-order valence-electron chi connectivity index (χ2n) is 3.14. The maximum absolute atomic E-state index is 10.5. The second kappa shape index (κ2) is 12.7. The minimum absolute atomic E-state index is 0.0370. The van der Waals surface area contributed by atoms with Gasteiger partial charge in [0.2, 0.25) is 5.91 Å². The summed E-state index contributed by atoms with van der Waals surface area (Å²) in [6.07, 6.45) is 4.06. The molecule has 0 aliphatic heterocycles. The molecule has 1 aromatic rings. The van der Waals surface area contributed by atoms with Gasteiger partial charge in [-0.3, -0.25) is 4.79 Å². The minimum Gasteiger partial charge on any atom is -0.356 e. The Morgan fingerprint density at radius 2 is 2.12 bits per heavy atom. The van der Waals surface area contributed by atoms with E-state index >= 15 is 0 Å². The summed E-state index contributed by atoms with van der Waals surface area (Å²) in [5, 5.41) is 2.63. The Hall–Kier alpha value is -1.36. The van der Waals surface area contributed by atoms with Crippen LogP contribution in [0.25, 0.3) is 0 Å². The van der Waals surface area contributed by atoms with Crippen LogP contribution in [0.15, 0.2) is 12.5 Å². The normalized spacial score (nSPS) is 8.35. The van der Waals surface area contributed by atoms with Crippen molar-refractivity contribution in [2.75, 3.05) is 13.1 Å². The predicted molar refractivity (Wildman–Crippen MR) is 71.6 cm³/mol.